The zero-order chi connectivity index (χ0) is 17.9. The van der Waals surface area contributed by atoms with Gasteiger partial charge in [-0.3, -0.25) is 9.36 Å². The van der Waals surface area contributed by atoms with E-state index in [2.05, 4.69) is 33.0 Å². The van der Waals surface area contributed by atoms with Gasteiger partial charge in [-0.2, -0.15) is 0 Å². The van der Waals surface area contributed by atoms with E-state index in [1.165, 1.54) is 5.39 Å². The summed E-state index contributed by atoms with van der Waals surface area (Å²) in [4.78, 5) is 16.8. The first-order chi connectivity index (χ1) is 12.7. The Bertz CT molecular complexity index is 1140. The number of hydrogen-bond donors (Lipinski definition) is 0. The normalized spacial score (nSPS) is 11.1. The number of fused-ring (bicyclic) bond motifs is 2. The number of halogens is 1. The fourth-order valence-electron chi connectivity index (χ4n) is 3.01. The predicted octanol–water partition coefficient (Wildman–Crippen LogP) is 4.78. The minimum absolute atomic E-state index is 0.0116. The van der Waals surface area contributed by atoms with E-state index in [4.69, 9.17) is 4.74 Å². The summed E-state index contributed by atoms with van der Waals surface area (Å²) in [6.45, 7) is 1.10. The van der Waals surface area contributed by atoms with E-state index < -0.39 is 0 Å². The fourth-order valence-corrected chi connectivity index (χ4v) is 3.62. The SMILES string of the molecule is O=c1c2ccccc2ncn1CCCOc1ccc2ccccc2c1Br. The van der Waals surface area contributed by atoms with E-state index in [1.807, 2.05) is 48.5 Å². The number of hydrogen-bond acceptors (Lipinski definition) is 3. The maximum absolute atomic E-state index is 12.5. The molecule has 0 atom stereocenters. The second-order valence-corrected chi connectivity index (χ2v) is 6.85. The van der Waals surface area contributed by atoms with E-state index in [0.717, 1.165) is 27.5 Å². The van der Waals surface area contributed by atoms with Crippen LogP contribution in [0.4, 0.5) is 0 Å². The molecule has 1 aromatic heterocycles. The number of ether oxygens (including phenoxy) is 1. The molecule has 0 spiro atoms. The van der Waals surface area contributed by atoms with Crippen LogP contribution in [0.25, 0.3) is 21.7 Å². The van der Waals surface area contributed by atoms with Gasteiger partial charge < -0.3 is 4.74 Å². The Morgan fingerprint density at radius 2 is 1.73 bits per heavy atom. The van der Waals surface area contributed by atoms with Crippen LogP contribution in [-0.4, -0.2) is 16.2 Å². The molecule has 0 radical (unpaired) electrons. The number of aryl methyl sites for hydroxylation is 1. The van der Waals surface area contributed by atoms with Gasteiger partial charge in [-0.25, -0.2) is 4.98 Å². The maximum atomic E-state index is 12.5. The topological polar surface area (TPSA) is 44.1 Å². The number of benzene rings is 3. The van der Waals surface area contributed by atoms with Crippen molar-refractivity contribution < 1.29 is 4.74 Å². The lowest BCUT2D eigenvalue weighted by Gasteiger charge is -2.11. The fraction of sp³-hybridized carbons (Fsp3) is 0.143. The van der Waals surface area contributed by atoms with Crippen molar-refractivity contribution >= 4 is 37.6 Å². The quantitative estimate of drug-likeness (QED) is 0.446. The van der Waals surface area contributed by atoms with Crippen LogP contribution in [0.15, 0.2) is 76.3 Å². The molecule has 0 saturated heterocycles. The third-order valence-corrected chi connectivity index (χ3v) is 5.18. The molecule has 4 aromatic rings. The second kappa shape index (κ2) is 7.30. The highest BCUT2D eigenvalue weighted by atomic mass is 79.9. The lowest BCUT2D eigenvalue weighted by Crippen LogP contribution is -2.21. The van der Waals surface area contributed by atoms with Gasteiger partial charge in [0.2, 0.25) is 0 Å². The largest absolute Gasteiger partial charge is 0.492 e. The molecule has 0 fully saturated rings. The summed E-state index contributed by atoms with van der Waals surface area (Å²) < 4.78 is 8.51. The van der Waals surface area contributed by atoms with E-state index in [1.54, 1.807) is 10.9 Å². The Morgan fingerprint density at radius 3 is 2.62 bits per heavy atom. The molecule has 0 N–H and O–H groups in total. The van der Waals surface area contributed by atoms with E-state index in [-0.39, 0.29) is 5.56 Å². The van der Waals surface area contributed by atoms with Gasteiger partial charge in [0.05, 0.1) is 28.3 Å². The molecule has 1 heterocycles. The molecule has 4 nitrogen and oxygen atoms in total. The molecule has 0 unspecified atom stereocenters. The Morgan fingerprint density at radius 1 is 0.962 bits per heavy atom. The summed E-state index contributed by atoms with van der Waals surface area (Å²) >= 11 is 3.63. The molecule has 0 saturated carbocycles. The summed E-state index contributed by atoms with van der Waals surface area (Å²) in [6, 6.07) is 19.6. The van der Waals surface area contributed by atoms with E-state index in [9.17, 15) is 4.79 Å². The molecule has 0 aliphatic rings. The van der Waals surface area contributed by atoms with Crippen molar-refractivity contribution in [2.24, 2.45) is 0 Å². The highest BCUT2D eigenvalue weighted by Gasteiger charge is 2.07. The first-order valence-electron chi connectivity index (χ1n) is 8.48. The Hall–Kier alpha value is -2.66. The average Bonchev–Trinajstić information content (AvgIpc) is 2.68. The van der Waals surface area contributed by atoms with Crippen molar-refractivity contribution in [1.29, 1.82) is 0 Å². The van der Waals surface area contributed by atoms with Crippen LogP contribution in [0.1, 0.15) is 6.42 Å². The number of nitrogens with zero attached hydrogens (tertiary/aromatic N) is 2. The highest BCUT2D eigenvalue weighted by Crippen LogP contribution is 2.33. The van der Waals surface area contributed by atoms with Crippen LogP contribution >= 0.6 is 15.9 Å². The molecule has 0 amide bonds. The van der Waals surface area contributed by atoms with Crippen molar-refractivity contribution in [3.8, 4) is 5.75 Å². The number of aromatic nitrogens is 2. The summed E-state index contributed by atoms with van der Waals surface area (Å²) in [5, 5.41) is 2.94. The summed E-state index contributed by atoms with van der Waals surface area (Å²) in [7, 11) is 0. The van der Waals surface area contributed by atoms with Crippen LogP contribution < -0.4 is 10.3 Å². The monoisotopic (exact) mass is 408 g/mol. The molecule has 0 aliphatic heterocycles. The third-order valence-electron chi connectivity index (χ3n) is 4.36. The molecule has 130 valence electrons. The lowest BCUT2D eigenvalue weighted by molar-refractivity contribution is 0.299. The van der Waals surface area contributed by atoms with Gasteiger partial charge in [0.25, 0.3) is 5.56 Å². The molecular weight excluding hydrogens is 392 g/mol. The van der Waals surface area contributed by atoms with Gasteiger partial charge in [-0.05, 0) is 51.3 Å². The van der Waals surface area contributed by atoms with Crippen molar-refractivity contribution in [3.05, 3.63) is 81.8 Å². The van der Waals surface area contributed by atoms with Crippen LogP contribution in [0.2, 0.25) is 0 Å². The van der Waals surface area contributed by atoms with Crippen LogP contribution in [-0.2, 0) is 6.54 Å². The van der Waals surface area contributed by atoms with Crippen molar-refractivity contribution in [3.63, 3.8) is 0 Å². The standard InChI is InChI=1S/C21H17BrN2O2/c22-20-16-7-2-1-6-15(16)10-11-19(20)26-13-5-12-24-14-23-18-9-4-3-8-17(18)21(24)25/h1-4,6-11,14H,5,12-13H2. The van der Waals surface area contributed by atoms with Crippen molar-refractivity contribution in [2.45, 2.75) is 13.0 Å². The van der Waals surface area contributed by atoms with Crippen molar-refractivity contribution in [1.82, 2.24) is 9.55 Å². The lowest BCUT2D eigenvalue weighted by atomic mass is 10.1. The summed E-state index contributed by atoms with van der Waals surface area (Å²) in [5.41, 5.74) is 0.715. The molecule has 0 aliphatic carbocycles. The molecular formula is C21H17BrN2O2. The smallest absolute Gasteiger partial charge is 0.261 e. The van der Waals surface area contributed by atoms with Gasteiger partial charge >= 0.3 is 0 Å². The minimum Gasteiger partial charge on any atom is -0.492 e. The van der Waals surface area contributed by atoms with Gasteiger partial charge in [-0.1, -0.05) is 42.5 Å². The van der Waals surface area contributed by atoms with E-state index in [0.29, 0.717) is 18.5 Å². The Balaban J connectivity index is 1.44. The van der Waals surface area contributed by atoms with Gasteiger partial charge in [0.15, 0.2) is 0 Å². The van der Waals surface area contributed by atoms with Gasteiger partial charge in [0.1, 0.15) is 5.75 Å². The highest BCUT2D eigenvalue weighted by molar-refractivity contribution is 9.10. The second-order valence-electron chi connectivity index (χ2n) is 6.06. The van der Waals surface area contributed by atoms with Crippen LogP contribution in [0.5, 0.6) is 5.75 Å². The minimum atomic E-state index is -0.0116. The maximum Gasteiger partial charge on any atom is 0.261 e. The van der Waals surface area contributed by atoms with Gasteiger partial charge in [0, 0.05) is 6.54 Å². The first kappa shape index (κ1) is 16.8. The third kappa shape index (κ3) is 3.22. The van der Waals surface area contributed by atoms with Gasteiger partial charge in [-0.15, -0.1) is 0 Å². The van der Waals surface area contributed by atoms with Crippen molar-refractivity contribution in [2.75, 3.05) is 6.61 Å². The van der Waals surface area contributed by atoms with Crippen LogP contribution in [0.3, 0.4) is 0 Å². The summed E-state index contributed by atoms with van der Waals surface area (Å²) in [5.74, 6) is 0.813. The zero-order valence-electron chi connectivity index (χ0n) is 14.1. The zero-order valence-corrected chi connectivity index (χ0v) is 15.6. The van der Waals surface area contributed by atoms with E-state index >= 15 is 0 Å². The molecule has 3 aromatic carbocycles. The molecule has 0 bridgehead atoms. The average molecular weight is 409 g/mol. The molecule has 4 rings (SSSR count). The summed E-state index contributed by atoms with van der Waals surface area (Å²) in [6.07, 6.45) is 2.33. The number of rotatable bonds is 5. The Kier molecular flexibility index (Phi) is 4.71. The first-order valence-corrected chi connectivity index (χ1v) is 9.27. The number of para-hydroxylation sites is 1. The van der Waals surface area contributed by atoms with Crippen LogP contribution in [0, 0.1) is 0 Å². The molecule has 26 heavy (non-hydrogen) atoms. The predicted molar refractivity (Wildman–Crippen MR) is 108 cm³/mol. The molecule has 5 heteroatoms. The Labute approximate surface area is 159 Å².